The van der Waals surface area contributed by atoms with Gasteiger partial charge >= 0.3 is 0 Å². The molecule has 4 heteroatoms. The van der Waals surface area contributed by atoms with Crippen LogP contribution in [0, 0.1) is 11.8 Å². The van der Waals surface area contributed by atoms with Crippen LogP contribution < -0.4 is 0 Å². The van der Waals surface area contributed by atoms with Crippen molar-refractivity contribution in [2.24, 2.45) is 0 Å². The number of hydrogen-bond donors (Lipinski definition) is 1. The number of aliphatic hydroxyl groups is 1. The Bertz CT molecular complexity index is 496. The molecule has 100 valence electrons. The average molecular weight is 258 g/mol. The average Bonchev–Trinajstić information content (AvgIpc) is 2.48. The summed E-state index contributed by atoms with van der Waals surface area (Å²) in [6.07, 6.45) is 7.02. The minimum atomic E-state index is 0.0398. The molecule has 0 saturated carbocycles. The van der Waals surface area contributed by atoms with Crippen molar-refractivity contribution in [3.63, 3.8) is 0 Å². The first-order valence-electron chi connectivity index (χ1n) is 6.65. The molecule has 19 heavy (non-hydrogen) atoms. The van der Waals surface area contributed by atoms with Gasteiger partial charge in [-0.1, -0.05) is 11.8 Å². The number of aromatic nitrogens is 1. The fourth-order valence-electron chi connectivity index (χ4n) is 2.13. The van der Waals surface area contributed by atoms with Crippen LogP contribution in [0.25, 0.3) is 0 Å². The Morgan fingerprint density at radius 3 is 2.84 bits per heavy atom. The van der Waals surface area contributed by atoms with E-state index >= 15 is 0 Å². The molecular formula is C15H18N2O2. The highest BCUT2D eigenvalue weighted by molar-refractivity contribution is 5.94. The number of nitrogens with zero attached hydrogens (tertiary/aromatic N) is 2. The van der Waals surface area contributed by atoms with Gasteiger partial charge in [-0.25, -0.2) is 0 Å². The molecule has 0 unspecified atom stereocenters. The molecule has 0 spiro atoms. The number of amides is 1. The van der Waals surface area contributed by atoms with Gasteiger partial charge in [0.25, 0.3) is 5.91 Å². The molecule has 2 heterocycles. The van der Waals surface area contributed by atoms with E-state index < -0.39 is 0 Å². The smallest absolute Gasteiger partial charge is 0.255 e. The summed E-state index contributed by atoms with van der Waals surface area (Å²) in [5.74, 6) is 5.77. The number of carbonyl (C=O) groups excluding carboxylic acids is 1. The second-order valence-electron chi connectivity index (χ2n) is 4.59. The lowest BCUT2D eigenvalue weighted by Crippen LogP contribution is -2.35. The Morgan fingerprint density at radius 2 is 2.11 bits per heavy atom. The number of hydrogen-bond acceptors (Lipinski definition) is 3. The summed E-state index contributed by atoms with van der Waals surface area (Å²) in [4.78, 5) is 18.2. The van der Waals surface area contributed by atoms with Gasteiger partial charge in [0.1, 0.15) is 0 Å². The highest BCUT2D eigenvalue weighted by Crippen LogP contribution is 2.13. The highest BCUT2D eigenvalue weighted by atomic mass is 16.2. The van der Waals surface area contributed by atoms with Gasteiger partial charge in [-0.15, -0.1) is 0 Å². The molecule has 2 rings (SSSR count). The van der Waals surface area contributed by atoms with Crippen molar-refractivity contribution in [1.82, 2.24) is 9.88 Å². The molecule has 1 aliphatic rings. The highest BCUT2D eigenvalue weighted by Gasteiger charge is 2.18. The zero-order chi connectivity index (χ0) is 13.5. The second-order valence-corrected chi connectivity index (χ2v) is 4.59. The van der Waals surface area contributed by atoms with Crippen molar-refractivity contribution in [3.05, 3.63) is 29.6 Å². The van der Waals surface area contributed by atoms with E-state index in [0.717, 1.165) is 31.5 Å². The second kappa shape index (κ2) is 6.91. The summed E-state index contributed by atoms with van der Waals surface area (Å²) in [5, 5.41) is 8.68. The van der Waals surface area contributed by atoms with Crippen molar-refractivity contribution in [2.45, 2.75) is 25.7 Å². The van der Waals surface area contributed by atoms with Gasteiger partial charge in [-0.05, 0) is 25.3 Å². The fraction of sp³-hybridized carbons (Fsp3) is 0.467. The molecule has 0 aliphatic carbocycles. The normalized spacial score (nSPS) is 14.7. The molecule has 0 atom stereocenters. The van der Waals surface area contributed by atoms with Gasteiger partial charge in [0.15, 0.2) is 0 Å². The van der Waals surface area contributed by atoms with Crippen LogP contribution in [0.5, 0.6) is 0 Å². The number of piperidine rings is 1. The van der Waals surface area contributed by atoms with Gasteiger partial charge in [0.05, 0.1) is 12.2 Å². The Labute approximate surface area is 113 Å². The summed E-state index contributed by atoms with van der Waals surface area (Å²) in [7, 11) is 0. The number of carbonyl (C=O) groups is 1. The lowest BCUT2D eigenvalue weighted by Gasteiger charge is -2.26. The van der Waals surface area contributed by atoms with Crippen LogP contribution >= 0.6 is 0 Å². The number of rotatable bonds is 2. The van der Waals surface area contributed by atoms with Gasteiger partial charge in [-0.2, -0.15) is 0 Å². The number of pyridine rings is 1. The van der Waals surface area contributed by atoms with Crippen molar-refractivity contribution in [1.29, 1.82) is 0 Å². The predicted octanol–water partition coefficient (Wildman–Crippen LogP) is 1.44. The quantitative estimate of drug-likeness (QED) is 0.817. The van der Waals surface area contributed by atoms with E-state index in [4.69, 9.17) is 5.11 Å². The van der Waals surface area contributed by atoms with Gasteiger partial charge in [0.2, 0.25) is 0 Å². The van der Waals surface area contributed by atoms with Crippen LogP contribution in [0.2, 0.25) is 0 Å². The number of likely N-dealkylation sites (tertiary alicyclic amines) is 1. The van der Waals surface area contributed by atoms with Crippen LogP contribution in [0.4, 0.5) is 0 Å². The molecule has 1 aromatic heterocycles. The number of aliphatic hydroxyl groups excluding tert-OH is 1. The standard InChI is InChI=1S/C15H18N2O2/c18-9-5-2-6-13-10-14(12-16-11-13)15(19)17-7-3-1-4-8-17/h10-12,18H,1,3-5,7-9H2. The van der Waals surface area contributed by atoms with Crippen LogP contribution in [-0.2, 0) is 0 Å². The molecule has 0 bridgehead atoms. The topological polar surface area (TPSA) is 53.4 Å². The lowest BCUT2D eigenvalue weighted by molar-refractivity contribution is 0.0724. The summed E-state index contributed by atoms with van der Waals surface area (Å²) < 4.78 is 0. The molecule has 1 fully saturated rings. The van der Waals surface area contributed by atoms with E-state index in [1.165, 1.54) is 6.42 Å². The SMILES string of the molecule is O=C(c1cncc(C#CCCO)c1)N1CCCCC1. The maximum absolute atomic E-state index is 12.3. The maximum Gasteiger partial charge on any atom is 0.255 e. The van der Waals surface area contributed by atoms with Crippen molar-refractivity contribution >= 4 is 5.91 Å². The molecule has 0 radical (unpaired) electrons. The van der Waals surface area contributed by atoms with Gasteiger partial charge < -0.3 is 10.0 Å². The molecule has 1 saturated heterocycles. The Kier molecular flexibility index (Phi) is 4.93. The zero-order valence-corrected chi connectivity index (χ0v) is 10.9. The van der Waals surface area contributed by atoms with E-state index in [1.807, 2.05) is 4.90 Å². The summed E-state index contributed by atoms with van der Waals surface area (Å²) in [5.41, 5.74) is 1.31. The molecule has 1 aromatic rings. The van der Waals surface area contributed by atoms with Crippen LogP contribution in [0.15, 0.2) is 18.5 Å². The Hall–Kier alpha value is -1.86. The van der Waals surface area contributed by atoms with Crippen LogP contribution in [0.1, 0.15) is 41.6 Å². The van der Waals surface area contributed by atoms with Crippen molar-refractivity contribution < 1.29 is 9.90 Å². The Morgan fingerprint density at radius 1 is 1.32 bits per heavy atom. The summed E-state index contributed by atoms with van der Waals surface area (Å²) in [6.45, 7) is 1.71. The van der Waals surface area contributed by atoms with Crippen LogP contribution in [0.3, 0.4) is 0 Å². The van der Waals surface area contributed by atoms with E-state index in [0.29, 0.717) is 12.0 Å². The van der Waals surface area contributed by atoms with Crippen molar-refractivity contribution in [2.75, 3.05) is 19.7 Å². The van der Waals surface area contributed by atoms with Gasteiger partial charge in [-0.3, -0.25) is 9.78 Å². The fourth-order valence-corrected chi connectivity index (χ4v) is 2.13. The maximum atomic E-state index is 12.3. The lowest BCUT2D eigenvalue weighted by atomic mass is 10.1. The summed E-state index contributed by atoms with van der Waals surface area (Å²) >= 11 is 0. The molecule has 1 amide bonds. The van der Waals surface area contributed by atoms with E-state index in [1.54, 1.807) is 18.5 Å². The van der Waals surface area contributed by atoms with Crippen molar-refractivity contribution in [3.8, 4) is 11.8 Å². The van der Waals surface area contributed by atoms with E-state index in [9.17, 15) is 4.79 Å². The van der Waals surface area contributed by atoms with Crippen LogP contribution in [-0.4, -0.2) is 40.6 Å². The molecule has 1 N–H and O–H groups in total. The molecule has 1 aliphatic heterocycles. The summed E-state index contributed by atoms with van der Waals surface area (Å²) in [6, 6.07) is 1.77. The monoisotopic (exact) mass is 258 g/mol. The minimum absolute atomic E-state index is 0.0398. The zero-order valence-electron chi connectivity index (χ0n) is 10.9. The molecular weight excluding hydrogens is 240 g/mol. The van der Waals surface area contributed by atoms with E-state index in [2.05, 4.69) is 16.8 Å². The molecule has 4 nitrogen and oxygen atoms in total. The first-order chi connectivity index (χ1) is 9.31. The molecule has 0 aromatic carbocycles. The first-order valence-corrected chi connectivity index (χ1v) is 6.65. The Balaban J connectivity index is 2.09. The third-order valence-corrected chi connectivity index (χ3v) is 3.10. The van der Waals surface area contributed by atoms with E-state index in [-0.39, 0.29) is 12.5 Å². The predicted molar refractivity (Wildman–Crippen MR) is 72.6 cm³/mol. The third kappa shape index (κ3) is 3.80. The first kappa shape index (κ1) is 13.6. The third-order valence-electron chi connectivity index (χ3n) is 3.10. The van der Waals surface area contributed by atoms with Gasteiger partial charge in [0, 0.05) is 37.5 Å². The minimum Gasteiger partial charge on any atom is -0.395 e. The largest absolute Gasteiger partial charge is 0.395 e.